The van der Waals surface area contributed by atoms with Gasteiger partial charge in [-0.15, -0.1) is 0 Å². The number of nitrogens with zero attached hydrogens (tertiary/aromatic N) is 2. The van der Waals surface area contributed by atoms with Crippen LogP contribution in [0, 0.1) is 5.92 Å². The van der Waals surface area contributed by atoms with E-state index in [1.165, 1.54) is 17.7 Å². The third kappa shape index (κ3) is 3.57. The van der Waals surface area contributed by atoms with Crippen LogP contribution in [-0.4, -0.2) is 54.3 Å². The lowest BCUT2D eigenvalue weighted by Gasteiger charge is -2.29. The normalized spacial score (nSPS) is 22.3. The summed E-state index contributed by atoms with van der Waals surface area (Å²) in [6.45, 7) is 2.47. The van der Waals surface area contributed by atoms with Crippen LogP contribution < -0.4 is 5.32 Å². The van der Waals surface area contributed by atoms with E-state index in [1.807, 2.05) is 22.9 Å². The Hall–Kier alpha value is -2.04. The van der Waals surface area contributed by atoms with Gasteiger partial charge in [-0.25, -0.2) is 0 Å². The first-order valence-corrected chi connectivity index (χ1v) is 10.1. The van der Waals surface area contributed by atoms with Crippen LogP contribution in [0.2, 0.25) is 0 Å². The molecule has 5 heteroatoms. The average molecular weight is 355 g/mol. The molecule has 1 aromatic rings. The molecule has 4 rings (SSSR count). The molecule has 0 aromatic heterocycles. The van der Waals surface area contributed by atoms with Gasteiger partial charge in [-0.3, -0.25) is 9.59 Å². The van der Waals surface area contributed by atoms with Crippen LogP contribution in [0.4, 0.5) is 5.69 Å². The first-order chi connectivity index (χ1) is 12.6. The maximum absolute atomic E-state index is 13.1. The minimum atomic E-state index is 0.117. The van der Waals surface area contributed by atoms with Gasteiger partial charge in [0.2, 0.25) is 5.91 Å². The molecule has 0 radical (unpaired) electrons. The third-order valence-electron chi connectivity index (χ3n) is 5.97. The molecular weight excluding hydrogens is 326 g/mol. The predicted octanol–water partition coefficient (Wildman–Crippen LogP) is 2.91. The summed E-state index contributed by atoms with van der Waals surface area (Å²) in [6.07, 6.45) is 7.44. The van der Waals surface area contributed by atoms with Gasteiger partial charge in [0, 0.05) is 49.9 Å². The van der Waals surface area contributed by atoms with Crippen LogP contribution >= 0.6 is 0 Å². The number of benzene rings is 1. The largest absolute Gasteiger partial charge is 0.385 e. The van der Waals surface area contributed by atoms with Crippen molar-refractivity contribution in [3.8, 4) is 0 Å². The van der Waals surface area contributed by atoms with Crippen LogP contribution in [0.25, 0.3) is 0 Å². The number of fused-ring (bicyclic) bond motifs is 1. The summed E-state index contributed by atoms with van der Waals surface area (Å²) in [5, 5.41) is 3.46. The maximum atomic E-state index is 13.1. The van der Waals surface area contributed by atoms with Crippen molar-refractivity contribution in [1.82, 2.24) is 9.80 Å². The lowest BCUT2D eigenvalue weighted by molar-refractivity contribution is -0.131. The Morgan fingerprint density at radius 3 is 2.85 bits per heavy atom. The highest BCUT2D eigenvalue weighted by molar-refractivity contribution is 5.95. The number of hydrogen-bond acceptors (Lipinski definition) is 3. The zero-order valence-electron chi connectivity index (χ0n) is 15.7. The van der Waals surface area contributed by atoms with Crippen molar-refractivity contribution in [1.29, 1.82) is 0 Å². The van der Waals surface area contributed by atoms with Crippen LogP contribution in [0.3, 0.4) is 0 Å². The van der Waals surface area contributed by atoms with E-state index in [0.717, 1.165) is 57.2 Å². The van der Waals surface area contributed by atoms with E-state index in [9.17, 15) is 9.59 Å². The van der Waals surface area contributed by atoms with Crippen molar-refractivity contribution in [2.24, 2.45) is 5.92 Å². The molecule has 2 fully saturated rings. The van der Waals surface area contributed by atoms with Crippen molar-refractivity contribution in [3.63, 3.8) is 0 Å². The molecule has 1 saturated carbocycles. The fourth-order valence-electron chi connectivity index (χ4n) is 4.28. The smallest absolute Gasteiger partial charge is 0.254 e. The van der Waals surface area contributed by atoms with Crippen molar-refractivity contribution >= 4 is 17.5 Å². The Morgan fingerprint density at radius 1 is 1.19 bits per heavy atom. The Bertz CT molecular complexity index is 698. The fourth-order valence-corrected chi connectivity index (χ4v) is 4.28. The molecule has 0 spiro atoms. The van der Waals surface area contributed by atoms with Crippen LogP contribution in [0.1, 0.15) is 54.4 Å². The first-order valence-electron chi connectivity index (χ1n) is 10.1. The molecule has 140 valence electrons. The van der Waals surface area contributed by atoms with Crippen LogP contribution in [-0.2, 0) is 11.2 Å². The average Bonchev–Trinajstić information content (AvgIpc) is 3.43. The summed E-state index contributed by atoms with van der Waals surface area (Å²) in [6, 6.07) is 6.23. The predicted molar refractivity (Wildman–Crippen MR) is 102 cm³/mol. The maximum Gasteiger partial charge on any atom is 0.254 e. The van der Waals surface area contributed by atoms with Gasteiger partial charge < -0.3 is 15.1 Å². The number of likely N-dealkylation sites (N-methyl/N-ethyl adjacent to an activating group) is 1. The number of amides is 2. The van der Waals surface area contributed by atoms with Gasteiger partial charge in [-0.1, -0.05) is 0 Å². The zero-order chi connectivity index (χ0) is 18.1. The molecule has 26 heavy (non-hydrogen) atoms. The number of nitrogens with one attached hydrogen (secondary N) is 1. The van der Waals surface area contributed by atoms with Crippen molar-refractivity contribution in [2.45, 2.75) is 51.0 Å². The third-order valence-corrected chi connectivity index (χ3v) is 5.97. The minimum absolute atomic E-state index is 0.117. The van der Waals surface area contributed by atoms with Crippen molar-refractivity contribution < 1.29 is 9.59 Å². The van der Waals surface area contributed by atoms with Gasteiger partial charge in [-0.05, 0) is 68.7 Å². The van der Waals surface area contributed by atoms with E-state index >= 15 is 0 Å². The summed E-state index contributed by atoms with van der Waals surface area (Å²) >= 11 is 0. The highest BCUT2D eigenvalue weighted by Gasteiger charge is 2.35. The number of likely N-dealkylation sites (tertiary alicyclic amines) is 1. The van der Waals surface area contributed by atoms with Crippen molar-refractivity contribution in [2.75, 3.05) is 32.0 Å². The Morgan fingerprint density at radius 2 is 2.04 bits per heavy atom. The van der Waals surface area contributed by atoms with Gasteiger partial charge in [-0.2, -0.15) is 0 Å². The van der Waals surface area contributed by atoms with E-state index in [0.29, 0.717) is 6.54 Å². The van der Waals surface area contributed by atoms with E-state index < -0.39 is 0 Å². The minimum Gasteiger partial charge on any atom is -0.385 e. The highest BCUT2D eigenvalue weighted by Crippen LogP contribution is 2.31. The Kier molecular flexibility index (Phi) is 4.88. The summed E-state index contributed by atoms with van der Waals surface area (Å²) in [5.74, 6) is 0.606. The standard InChI is InChI=1S/C21H29N3O2/c1-23(20(25)15-7-8-15)14-18-6-4-12-24(18)21(26)17-9-10-19-16(13-17)5-2-3-11-22-19/h9-10,13,15,18,22H,2-8,11-12,14H2,1H3/t18-/m1/s1. The fraction of sp³-hybridized carbons (Fsp3) is 0.619. The molecule has 5 nitrogen and oxygen atoms in total. The SMILES string of the molecule is CN(C[C@H]1CCCN1C(=O)c1ccc2c(c1)CCCCN2)C(=O)C1CC1. The molecule has 3 aliphatic rings. The second-order valence-electron chi connectivity index (χ2n) is 8.04. The van der Waals surface area contributed by atoms with Gasteiger partial charge in [0.25, 0.3) is 5.91 Å². The summed E-state index contributed by atoms with van der Waals surface area (Å²) in [7, 11) is 1.88. The number of carbonyl (C=O) groups is 2. The quantitative estimate of drug-likeness (QED) is 0.903. The molecule has 2 heterocycles. The summed E-state index contributed by atoms with van der Waals surface area (Å²) in [4.78, 5) is 29.2. The number of rotatable bonds is 4. The lowest BCUT2D eigenvalue weighted by atomic mass is 10.0. The topological polar surface area (TPSA) is 52.6 Å². The molecule has 2 amide bonds. The summed E-state index contributed by atoms with van der Waals surface area (Å²) < 4.78 is 0. The number of hydrogen-bond donors (Lipinski definition) is 1. The lowest BCUT2D eigenvalue weighted by Crippen LogP contribution is -2.44. The molecular formula is C21H29N3O2. The van der Waals surface area contributed by atoms with E-state index in [-0.39, 0.29) is 23.8 Å². The van der Waals surface area contributed by atoms with Crippen LogP contribution in [0.15, 0.2) is 18.2 Å². The number of aryl methyl sites for hydroxylation is 1. The van der Waals surface area contributed by atoms with Gasteiger partial charge in [0.15, 0.2) is 0 Å². The molecule has 1 N–H and O–H groups in total. The van der Waals surface area contributed by atoms with E-state index in [4.69, 9.17) is 0 Å². The van der Waals surface area contributed by atoms with Gasteiger partial charge >= 0.3 is 0 Å². The van der Waals surface area contributed by atoms with Crippen LogP contribution in [0.5, 0.6) is 0 Å². The Labute approximate surface area is 155 Å². The first kappa shape index (κ1) is 17.4. The highest BCUT2D eigenvalue weighted by atomic mass is 16.2. The van der Waals surface area contributed by atoms with E-state index in [1.54, 1.807) is 0 Å². The second-order valence-corrected chi connectivity index (χ2v) is 8.04. The molecule has 0 unspecified atom stereocenters. The second kappa shape index (κ2) is 7.29. The zero-order valence-corrected chi connectivity index (χ0v) is 15.7. The number of carbonyl (C=O) groups excluding carboxylic acids is 2. The van der Waals surface area contributed by atoms with Crippen molar-refractivity contribution in [3.05, 3.63) is 29.3 Å². The molecule has 1 aromatic carbocycles. The molecule has 1 atom stereocenters. The number of anilines is 1. The molecule has 2 aliphatic heterocycles. The Balaban J connectivity index is 1.46. The van der Waals surface area contributed by atoms with E-state index in [2.05, 4.69) is 17.4 Å². The molecule has 0 bridgehead atoms. The molecule has 1 aliphatic carbocycles. The van der Waals surface area contributed by atoms with Gasteiger partial charge in [0.05, 0.1) is 0 Å². The molecule has 1 saturated heterocycles. The summed E-state index contributed by atoms with van der Waals surface area (Å²) in [5.41, 5.74) is 3.22. The van der Waals surface area contributed by atoms with Gasteiger partial charge in [0.1, 0.15) is 0 Å². The monoisotopic (exact) mass is 355 g/mol.